The maximum absolute atomic E-state index is 6.51. The third-order valence-corrected chi connectivity index (χ3v) is 6.37. The summed E-state index contributed by atoms with van der Waals surface area (Å²) < 4.78 is 5.38. The third-order valence-electron chi connectivity index (χ3n) is 3.42. The fraction of sp³-hybridized carbons (Fsp3) is 0.0526. The summed E-state index contributed by atoms with van der Waals surface area (Å²) in [5, 5.41) is 4.45. The molecule has 22 heavy (non-hydrogen) atoms. The van der Waals surface area contributed by atoms with Crippen LogP contribution < -0.4 is 20.7 Å². The summed E-state index contributed by atoms with van der Waals surface area (Å²) in [6, 6.07) is 26.9. The molecule has 0 saturated carbocycles. The average molecular weight is 327 g/mol. The molecule has 0 aromatic heterocycles. The molecule has 0 saturated heterocycles. The van der Waals surface area contributed by atoms with Crippen LogP contribution in [0, 0.1) is 0 Å². The second-order valence-corrected chi connectivity index (χ2v) is 7.42. The van der Waals surface area contributed by atoms with Crippen LogP contribution in [0.25, 0.3) is 0 Å². The maximum Gasteiger partial charge on any atom is 0.119 e. The molecule has 0 fully saturated rings. The van der Waals surface area contributed by atoms with Crippen molar-refractivity contribution in [3.05, 3.63) is 83.9 Å². The Kier molecular flexibility index (Phi) is 4.77. The van der Waals surface area contributed by atoms with Crippen molar-refractivity contribution in [1.82, 2.24) is 0 Å². The predicted octanol–water partition coefficient (Wildman–Crippen LogP) is 4.11. The van der Waals surface area contributed by atoms with E-state index in [0.29, 0.717) is 0 Å². The Morgan fingerprint density at radius 1 is 0.773 bits per heavy atom. The van der Waals surface area contributed by atoms with Gasteiger partial charge in [-0.1, -0.05) is 72.3 Å². The summed E-state index contributed by atoms with van der Waals surface area (Å²) in [6.07, 6.45) is 0. The molecule has 0 heterocycles. The number of methoxy groups -OCH3 is 1. The van der Waals surface area contributed by atoms with Gasteiger partial charge in [0, 0.05) is 10.3 Å². The highest BCUT2D eigenvalue weighted by atomic mass is 35.5. The first-order chi connectivity index (χ1) is 10.8. The van der Waals surface area contributed by atoms with E-state index < -0.39 is 7.92 Å². The van der Waals surface area contributed by atoms with E-state index in [1.54, 1.807) is 7.11 Å². The van der Waals surface area contributed by atoms with E-state index in [1.165, 1.54) is 10.6 Å². The minimum Gasteiger partial charge on any atom is -0.497 e. The van der Waals surface area contributed by atoms with E-state index in [0.717, 1.165) is 16.1 Å². The Balaban J connectivity index is 2.18. The summed E-state index contributed by atoms with van der Waals surface area (Å²) >= 11 is 6.51. The van der Waals surface area contributed by atoms with Crippen LogP contribution in [0.1, 0.15) is 0 Å². The van der Waals surface area contributed by atoms with E-state index in [1.807, 2.05) is 30.3 Å². The maximum atomic E-state index is 6.51. The van der Waals surface area contributed by atoms with Gasteiger partial charge in [-0.3, -0.25) is 0 Å². The second kappa shape index (κ2) is 6.96. The molecule has 3 rings (SSSR count). The molecule has 0 aliphatic carbocycles. The van der Waals surface area contributed by atoms with Crippen molar-refractivity contribution in [2.24, 2.45) is 0 Å². The summed E-state index contributed by atoms with van der Waals surface area (Å²) in [7, 11) is 0.980. The molecule has 3 aromatic rings. The molecular formula is C19H16ClOP. The molecule has 3 aromatic carbocycles. The standard InChI is InChI=1S/C19H16ClOP/c1-21-15-12-13-18(20)19(14-15)22(16-8-4-2-5-9-16)17-10-6-3-7-11-17/h2-14H,1H3. The molecule has 0 unspecified atom stereocenters. The Morgan fingerprint density at radius 2 is 1.32 bits per heavy atom. The fourth-order valence-corrected chi connectivity index (χ4v) is 5.08. The first-order valence-electron chi connectivity index (χ1n) is 7.03. The normalized spacial score (nSPS) is 10.7. The largest absolute Gasteiger partial charge is 0.497 e. The van der Waals surface area contributed by atoms with Crippen LogP contribution in [-0.4, -0.2) is 7.11 Å². The van der Waals surface area contributed by atoms with Crippen LogP contribution in [0.3, 0.4) is 0 Å². The number of hydrogen-bond acceptors (Lipinski definition) is 1. The molecule has 0 N–H and O–H groups in total. The summed E-state index contributed by atoms with van der Waals surface area (Å²) in [5.41, 5.74) is 0. The molecule has 0 bridgehead atoms. The molecule has 0 spiro atoms. The number of benzene rings is 3. The van der Waals surface area contributed by atoms with E-state index in [9.17, 15) is 0 Å². The van der Waals surface area contributed by atoms with Crippen molar-refractivity contribution >= 4 is 35.4 Å². The van der Waals surface area contributed by atoms with E-state index >= 15 is 0 Å². The summed E-state index contributed by atoms with van der Waals surface area (Å²) in [4.78, 5) is 0. The zero-order valence-electron chi connectivity index (χ0n) is 12.2. The van der Waals surface area contributed by atoms with Crippen LogP contribution in [0.15, 0.2) is 78.9 Å². The zero-order chi connectivity index (χ0) is 15.4. The van der Waals surface area contributed by atoms with Gasteiger partial charge in [-0.15, -0.1) is 0 Å². The van der Waals surface area contributed by atoms with Gasteiger partial charge in [-0.05, 0) is 36.7 Å². The number of halogens is 1. The number of hydrogen-bond donors (Lipinski definition) is 0. The minimum atomic E-state index is -0.701. The molecule has 110 valence electrons. The lowest BCUT2D eigenvalue weighted by molar-refractivity contribution is 0.415. The summed E-state index contributed by atoms with van der Waals surface area (Å²) in [6.45, 7) is 0. The van der Waals surface area contributed by atoms with E-state index in [2.05, 4.69) is 48.5 Å². The van der Waals surface area contributed by atoms with Gasteiger partial charge in [-0.25, -0.2) is 0 Å². The van der Waals surface area contributed by atoms with Gasteiger partial charge in [0.1, 0.15) is 5.75 Å². The van der Waals surface area contributed by atoms with Crippen LogP contribution in [0.2, 0.25) is 5.02 Å². The van der Waals surface area contributed by atoms with Crippen LogP contribution in [-0.2, 0) is 0 Å². The Bertz CT molecular complexity index is 704. The van der Waals surface area contributed by atoms with Crippen LogP contribution >= 0.6 is 19.5 Å². The lowest BCUT2D eigenvalue weighted by Gasteiger charge is -2.21. The molecule has 1 nitrogen and oxygen atoms in total. The molecule has 0 atom stereocenters. The van der Waals surface area contributed by atoms with Gasteiger partial charge in [0.25, 0.3) is 0 Å². The predicted molar refractivity (Wildman–Crippen MR) is 96.7 cm³/mol. The van der Waals surface area contributed by atoms with Gasteiger partial charge in [-0.2, -0.15) is 0 Å². The van der Waals surface area contributed by atoms with E-state index in [4.69, 9.17) is 16.3 Å². The smallest absolute Gasteiger partial charge is 0.119 e. The van der Waals surface area contributed by atoms with Gasteiger partial charge in [0.2, 0.25) is 0 Å². The molecule has 0 amide bonds. The minimum absolute atomic E-state index is 0.701. The van der Waals surface area contributed by atoms with E-state index in [-0.39, 0.29) is 0 Å². The van der Waals surface area contributed by atoms with Crippen molar-refractivity contribution in [3.63, 3.8) is 0 Å². The average Bonchev–Trinajstić information content (AvgIpc) is 2.59. The molecule has 0 aliphatic heterocycles. The molecule has 0 radical (unpaired) electrons. The fourth-order valence-electron chi connectivity index (χ4n) is 2.37. The highest BCUT2D eigenvalue weighted by Gasteiger charge is 2.19. The molecule has 3 heteroatoms. The van der Waals surface area contributed by atoms with Crippen molar-refractivity contribution in [1.29, 1.82) is 0 Å². The van der Waals surface area contributed by atoms with Crippen molar-refractivity contribution in [2.75, 3.05) is 7.11 Å². The lowest BCUT2D eigenvalue weighted by Crippen LogP contribution is -2.21. The Hall–Kier alpha value is -1.82. The SMILES string of the molecule is COc1ccc(Cl)c(P(c2ccccc2)c2ccccc2)c1. The van der Waals surface area contributed by atoms with Crippen molar-refractivity contribution in [3.8, 4) is 5.75 Å². The number of ether oxygens (including phenoxy) is 1. The molecular weight excluding hydrogens is 311 g/mol. The highest BCUT2D eigenvalue weighted by molar-refractivity contribution is 7.80. The van der Waals surface area contributed by atoms with Crippen molar-refractivity contribution < 1.29 is 4.74 Å². The van der Waals surface area contributed by atoms with Crippen LogP contribution in [0.5, 0.6) is 5.75 Å². The van der Waals surface area contributed by atoms with Crippen LogP contribution in [0.4, 0.5) is 0 Å². The summed E-state index contributed by atoms with van der Waals surface area (Å²) in [5.74, 6) is 0.832. The van der Waals surface area contributed by atoms with Gasteiger partial charge in [0.15, 0.2) is 0 Å². The van der Waals surface area contributed by atoms with Crippen molar-refractivity contribution in [2.45, 2.75) is 0 Å². The monoisotopic (exact) mass is 326 g/mol. The lowest BCUT2D eigenvalue weighted by atomic mass is 10.3. The molecule has 0 aliphatic rings. The quantitative estimate of drug-likeness (QED) is 0.656. The number of rotatable bonds is 4. The van der Waals surface area contributed by atoms with Gasteiger partial charge >= 0.3 is 0 Å². The highest BCUT2D eigenvalue weighted by Crippen LogP contribution is 2.36. The Labute approximate surface area is 137 Å². The first kappa shape index (κ1) is 15.1. The zero-order valence-corrected chi connectivity index (χ0v) is 13.9. The topological polar surface area (TPSA) is 9.23 Å². The Morgan fingerprint density at radius 3 is 1.82 bits per heavy atom. The first-order valence-corrected chi connectivity index (χ1v) is 8.75. The second-order valence-electron chi connectivity index (χ2n) is 4.82. The van der Waals surface area contributed by atoms with Gasteiger partial charge in [0.05, 0.1) is 7.11 Å². The third kappa shape index (κ3) is 3.16. The van der Waals surface area contributed by atoms with Gasteiger partial charge < -0.3 is 4.74 Å².